The van der Waals surface area contributed by atoms with Crippen molar-refractivity contribution in [2.45, 2.75) is 13.5 Å². The fourth-order valence-corrected chi connectivity index (χ4v) is 1.33. The van der Waals surface area contributed by atoms with E-state index < -0.39 is 11.9 Å². The molecule has 2 N–H and O–H groups in total. The molecule has 2 rings (SSSR count). The molecular weight excluding hydrogens is 252 g/mol. The van der Waals surface area contributed by atoms with Crippen LogP contribution in [0.4, 0.5) is 0 Å². The van der Waals surface area contributed by atoms with E-state index in [0.29, 0.717) is 11.7 Å². The predicted octanol–water partition coefficient (Wildman–Crippen LogP) is 0.401. The number of hydrogen-bond donors (Lipinski definition) is 2. The molecule has 2 heterocycles. The van der Waals surface area contributed by atoms with Crippen LogP contribution in [0.5, 0.6) is 0 Å². The van der Waals surface area contributed by atoms with Crippen LogP contribution in [0.25, 0.3) is 0 Å². The van der Waals surface area contributed by atoms with Crippen LogP contribution in [0, 0.1) is 6.92 Å². The van der Waals surface area contributed by atoms with Crippen molar-refractivity contribution in [3.05, 3.63) is 41.3 Å². The second-order valence-corrected chi connectivity index (χ2v) is 3.65. The maximum Gasteiger partial charge on any atom is 0.354 e. The predicted molar refractivity (Wildman–Crippen MR) is 61.4 cm³/mol. The van der Waals surface area contributed by atoms with Crippen molar-refractivity contribution in [3.8, 4) is 0 Å². The molecule has 8 heteroatoms. The van der Waals surface area contributed by atoms with E-state index in [1.807, 2.05) is 0 Å². The van der Waals surface area contributed by atoms with E-state index in [4.69, 9.17) is 9.63 Å². The number of hydrogen-bond acceptors (Lipinski definition) is 6. The molecule has 0 unspecified atom stereocenters. The first-order valence-electron chi connectivity index (χ1n) is 5.33. The van der Waals surface area contributed by atoms with Crippen molar-refractivity contribution in [3.63, 3.8) is 0 Å². The van der Waals surface area contributed by atoms with E-state index in [9.17, 15) is 9.59 Å². The second-order valence-electron chi connectivity index (χ2n) is 3.65. The zero-order chi connectivity index (χ0) is 13.8. The first-order chi connectivity index (χ1) is 9.06. The monoisotopic (exact) mass is 262 g/mol. The van der Waals surface area contributed by atoms with Gasteiger partial charge in [-0.1, -0.05) is 5.16 Å². The van der Waals surface area contributed by atoms with Crippen LogP contribution in [0.2, 0.25) is 0 Å². The third-order valence-corrected chi connectivity index (χ3v) is 2.22. The molecule has 0 saturated heterocycles. The Morgan fingerprint density at radius 3 is 2.74 bits per heavy atom. The van der Waals surface area contributed by atoms with Crippen LogP contribution in [-0.2, 0) is 6.54 Å². The molecule has 0 atom stereocenters. The number of aromatic nitrogens is 3. The molecule has 0 aliphatic heterocycles. The first kappa shape index (κ1) is 12.7. The lowest BCUT2D eigenvalue weighted by molar-refractivity contribution is 0.0689. The van der Waals surface area contributed by atoms with Crippen LogP contribution < -0.4 is 5.32 Å². The second kappa shape index (κ2) is 5.25. The molecule has 0 aliphatic carbocycles. The van der Waals surface area contributed by atoms with Gasteiger partial charge in [0.25, 0.3) is 5.91 Å². The minimum absolute atomic E-state index is 0.120. The third-order valence-electron chi connectivity index (χ3n) is 2.22. The molecule has 1 amide bonds. The summed E-state index contributed by atoms with van der Waals surface area (Å²) in [6.07, 6.45) is 1.19. The minimum Gasteiger partial charge on any atom is -0.477 e. The van der Waals surface area contributed by atoms with Gasteiger partial charge in [0.15, 0.2) is 5.82 Å². The van der Waals surface area contributed by atoms with Gasteiger partial charge in [-0.3, -0.25) is 4.79 Å². The molecule has 19 heavy (non-hydrogen) atoms. The molecule has 0 saturated carbocycles. The molecule has 0 radical (unpaired) electrons. The highest BCUT2D eigenvalue weighted by atomic mass is 16.5. The largest absolute Gasteiger partial charge is 0.477 e. The maximum atomic E-state index is 11.7. The summed E-state index contributed by atoms with van der Waals surface area (Å²) in [4.78, 5) is 29.9. The number of aromatic carboxylic acids is 1. The van der Waals surface area contributed by atoms with Crippen molar-refractivity contribution >= 4 is 11.9 Å². The Hall–Kier alpha value is -2.77. The van der Waals surface area contributed by atoms with Crippen molar-refractivity contribution in [2.24, 2.45) is 0 Å². The summed E-state index contributed by atoms with van der Waals surface area (Å²) in [5.41, 5.74) is 0.135. The summed E-state index contributed by atoms with van der Waals surface area (Å²) >= 11 is 0. The van der Waals surface area contributed by atoms with Gasteiger partial charge in [0, 0.05) is 13.1 Å². The van der Waals surface area contributed by atoms with E-state index in [1.54, 1.807) is 6.92 Å². The van der Waals surface area contributed by atoms with E-state index in [-0.39, 0.29) is 17.8 Å². The van der Waals surface area contributed by atoms with Gasteiger partial charge in [0.05, 0.1) is 12.1 Å². The highest BCUT2D eigenvalue weighted by Gasteiger charge is 2.10. The molecule has 8 nitrogen and oxygen atoms in total. The van der Waals surface area contributed by atoms with Crippen LogP contribution in [0.1, 0.15) is 32.6 Å². The van der Waals surface area contributed by atoms with Gasteiger partial charge in [-0.25, -0.2) is 9.78 Å². The molecule has 0 bridgehead atoms. The molecule has 0 fully saturated rings. The lowest BCUT2D eigenvalue weighted by Gasteiger charge is -2.02. The topological polar surface area (TPSA) is 118 Å². The number of carbonyl (C=O) groups is 2. The van der Waals surface area contributed by atoms with Gasteiger partial charge in [0.2, 0.25) is 5.89 Å². The quantitative estimate of drug-likeness (QED) is 0.818. The summed E-state index contributed by atoms with van der Waals surface area (Å²) < 4.78 is 4.75. The lowest BCUT2D eigenvalue weighted by Crippen LogP contribution is -2.23. The van der Waals surface area contributed by atoms with E-state index in [2.05, 4.69) is 20.4 Å². The summed E-state index contributed by atoms with van der Waals surface area (Å²) in [7, 11) is 0. The Balaban J connectivity index is 1.98. The first-order valence-corrected chi connectivity index (χ1v) is 5.33. The number of carbonyl (C=O) groups excluding carboxylic acids is 1. The molecule has 2 aromatic rings. The average Bonchev–Trinajstić information content (AvgIpc) is 2.82. The average molecular weight is 262 g/mol. The number of carboxylic acids is 1. The van der Waals surface area contributed by atoms with E-state index in [0.717, 1.165) is 0 Å². The van der Waals surface area contributed by atoms with Crippen LogP contribution in [-0.4, -0.2) is 32.1 Å². The van der Waals surface area contributed by atoms with Gasteiger partial charge in [0.1, 0.15) is 5.69 Å². The lowest BCUT2D eigenvalue weighted by atomic mass is 10.2. The number of nitrogens with one attached hydrogen (secondary N) is 1. The fraction of sp³-hybridized carbons (Fsp3) is 0.182. The van der Waals surface area contributed by atoms with Gasteiger partial charge < -0.3 is 14.9 Å². The molecular formula is C11H10N4O4. The summed E-state index contributed by atoms with van der Waals surface area (Å²) in [5.74, 6) is -0.765. The van der Waals surface area contributed by atoms with Crippen LogP contribution >= 0.6 is 0 Å². The summed E-state index contributed by atoms with van der Waals surface area (Å²) in [6.45, 7) is 1.77. The molecule has 0 aliphatic rings. The van der Waals surface area contributed by atoms with Crippen molar-refractivity contribution in [1.29, 1.82) is 0 Å². The molecule has 0 aromatic carbocycles. The number of amides is 1. The van der Waals surface area contributed by atoms with Crippen molar-refractivity contribution < 1.29 is 19.2 Å². The minimum atomic E-state index is -1.14. The normalized spacial score (nSPS) is 10.2. The Morgan fingerprint density at radius 2 is 2.21 bits per heavy atom. The van der Waals surface area contributed by atoms with Crippen LogP contribution in [0.3, 0.4) is 0 Å². The number of pyridine rings is 1. The number of nitrogens with zero attached hydrogens (tertiary/aromatic N) is 3. The standard InChI is InChI=1S/C11H10N4O4/c1-6-14-9(15-19-6)5-13-10(16)7-2-3-8(11(17)18)12-4-7/h2-4H,5H2,1H3,(H,13,16)(H,17,18). The van der Waals surface area contributed by atoms with Gasteiger partial charge in [-0.15, -0.1) is 0 Å². The van der Waals surface area contributed by atoms with E-state index >= 15 is 0 Å². The Labute approximate surface area is 107 Å². The Morgan fingerprint density at radius 1 is 1.42 bits per heavy atom. The van der Waals surface area contributed by atoms with Crippen molar-refractivity contribution in [1.82, 2.24) is 20.4 Å². The summed E-state index contributed by atoms with van der Waals surface area (Å²) in [5, 5.41) is 14.9. The zero-order valence-electron chi connectivity index (χ0n) is 9.95. The van der Waals surface area contributed by atoms with E-state index in [1.165, 1.54) is 18.3 Å². The summed E-state index contributed by atoms with van der Waals surface area (Å²) in [6, 6.07) is 2.64. The molecule has 0 spiro atoms. The molecule has 2 aromatic heterocycles. The Bertz CT molecular complexity index is 605. The molecule has 98 valence electrons. The Kier molecular flexibility index (Phi) is 3.51. The fourth-order valence-electron chi connectivity index (χ4n) is 1.33. The SMILES string of the molecule is Cc1nc(CNC(=O)c2ccc(C(=O)O)nc2)no1. The third kappa shape index (κ3) is 3.12. The highest BCUT2D eigenvalue weighted by Crippen LogP contribution is 2.01. The number of rotatable bonds is 4. The number of aryl methyl sites for hydroxylation is 1. The maximum absolute atomic E-state index is 11.7. The van der Waals surface area contributed by atoms with Gasteiger partial charge >= 0.3 is 5.97 Å². The highest BCUT2D eigenvalue weighted by molar-refractivity contribution is 5.94. The van der Waals surface area contributed by atoms with Gasteiger partial charge in [-0.2, -0.15) is 4.98 Å². The number of carboxylic acid groups (broad SMARTS) is 1. The zero-order valence-corrected chi connectivity index (χ0v) is 9.95. The van der Waals surface area contributed by atoms with Gasteiger partial charge in [-0.05, 0) is 12.1 Å². The van der Waals surface area contributed by atoms with Crippen molar-refractivity contribution in [2.75, 3.05) is 0 Å². The van der Waals surface area contributed by atoms with Crippen LogP contribution in [0.15, 0.2) is 22.9 Å². The smallest absolute Gasteiger partial charge is 0.354 e.